The number of rotatable bonds is 6. The first-order valence-corrected chi connectivity index (χ1v) is 9.94. The molecule has 142 valence electrons. The summed E-state index contributed by atoms with van der Waals surface area (Å²) >= 11 is 0. The van der Waals surface area contributed by atoms with E-state index in [2.05, 4.69) is 14.9 Å². The van der Waals surface area contributed by atoms with Gasteiger partial charge in [0.25, 0.3) is 0 Å². The van der Waals surface area contributed by atoms with Gasteiger partial charge in [-0.05, 0) is 62.5 Å². The van der Waals surface area contributed by atoms with Crippen LogP contribution in [0.3, 0.4) is 0 Å². The molecule has 4 bridgehead atoms. The summed E-state index contributed by atoms with van der Waals surface area (Å²) in [7, 11) is 0. The average Bonchev–Trinajstić information content (AvgIpc) is 2.97. The van der Waals surface area contributed by atoms with E-state index in [9.17, 15) is 9.90 Å². The number of carbonyl (C=O) groups is 1. The lowest BCUT2D eigenvalue weighted by molar-refractivity contribution is -0.119. The zero-order valence-electron chi connectivity index (χ0n) is 15.4. The second-order valence-electron chi connectivity index (χ2n) is 9.03. The van der Waals surface area contributed by atoms with E-state index in [-0.39, 0.29) is 23.3 Å². The Bertz CT molecular complexity index is 904. The van der Waals surface area contributed by atoms with E-state index < -0.39 is 0 Å². The molecule has 27 heavy (non-hydrogen) atoms. The van der Waals surface area contributed by atoms with Crippen molar-refractivity contribution in [2.75, 3.05) is 6.54 Å². The summed E-state index contributed by atoms with van der Waals surface area (Å²) in [4.78, 5) is 16.4. The number of aromatic nitrogens is 2. The van der Waals surface area contributed by atoms with Gasteiger partial charge in [-0.1, -0.05) is 0 Å². The van der Waals surface area contributed by atoms with E-state index in [4.69, 9.17) is 5.41 Å². The van der Waals surface area contributed by atoms with Crippen LogP contribution in [0.4, 0.5) is 0 Å². The lowest BCUT2D eigenvalue weighted by Gasteiger charge is -2.62. The summed E-state index contributed by atoms with van der Waals surface area (Å²) in [6, 6.07) is 3.79. The van der Waals surface area contributed by atoms with Crippen LogP contribution in [0.15, 0.2) is 24.5 Å². The highest BCUT2D eigenvalue weighted by Gasteiger charge is 2.58. The molecule has 0 aliphatic heterocycles. The molecule has 2 atom stereocenters. The van der Waals surface area contributed by atoms with Crippen LogP contribution >= 0.6 is 0 Å². The van der Waals surface area contributed by atoms with Crippen LogP contribution < -0.4 is 5.32 Å². The summed E-state index contributed by atoms with van der Waals surface area (Å²) < 4.78 is 2.10. The van der Waals surface area contributed by atoms with Gasteiger partial charge in [0.05, 0.1) is 17.4 Å². The number of aromatic hydroxyl groups is 1. The van der Waals surface area contributed by atoms with Gasteiger partial charge in [0.1, 0.15) is 0 Å². The highest BCUT2D eigenvalue weighted by atomic mass is 16.3. The Morgan fingerprint density at radius 2 is 2.15 bits per heavy atom. The Labute approximate surface area is 158 Å². The molecule has 0 aromatic carbocycles. The fourth-order valence-corrected chi connectivity index (χ4v) is 6.56. The van der Waals surface area contributed by atoms with Crippen molar-refractivity contribution in [2.45, 2.75) is 56.0 Å². The summed E-state index contributed by atoms with van der Waals surface area (Å²) in [5.41, 5.74) is 0.721. The molecule has 2 unspecified atom stereocenters. The van der Waals surface area contributed by atoms with E-state index in [1.54, 1.807) is 6.20 Å². The molecule has 6 heteroatoms. The van der Waals surface area contributed by atoms with E-state index >= 15 is 0 Å². The monoisotopic (exact) mass is 366 g/mol. The Morgan fingerprint density at radius 1 is 1.37 bits per heavy atom. The Hall–Kier alpha value is -2.21. The van der Waals surface area contributed by atoms with Crippen LogP contribution in [0, 0.1) is 17.2 Å². The molecule has 2 aromatic heterocycles. The molecule has 0 saturated heterocycles. The van der Waals surface area contributed by atoms with E-state index in [1.807, 2.05) is 18.3 Å². The number of pyridine rings is 1. The van der Waals surface area contributed by atoms with Gasteiger partial charge in [-0.25, -0.2) is 0 Å². The largest absolute Gasteiger partial charge is 0.494 e. The molecular formula is C21H26N4O2. The number of carbonyl (C=O) groups excluding carboxylic acids is 1. The summed E-state index contributed by atoms with van der Waals surface area (Å²) in [5, 5.41) is 22.5. The first-order valence-electron chi connectivity index (χ1n) is 9.94. The van der Waals surface area contributed by atoms with Gasteiger partial charge >= 0.3 is 0 Å². The standard InChI is InChI=1S/C21H26N4O2/c22-4-3-16(26)11-24-20-7-14-6-15(8-20)10-21(9-14,13-20)25-12-18-17(19(25)27)2-1-5-23-18/h1-2,4-5,12,14-15,22,24,27H,3,6-11,13H2. The van der Waals surface area contributed by atoms with Crippen LogP contribution in [0.5, 0.6) is 5.88 Å². The highest BCUT2D eigenvalue weighted by Crippen LogP contribution is 2.61. The number of nitrogens with one attached hydrogen (secondary N) is 2. The molecule has 0 amide bonds. The third kappa shape index (κ3) is 2.61. The van der Waals surface area contributed by atoms with Crippen LogP contribution in [0.1, 0.15) is 44.9 Å². The minimum atomic E-state index is -0.0908. The van der Waals surface area contributed by atoms with Crippen molar-refractivity contribution in [1.82, 2.24) is 14.9 Å². The fourth-order valence-electron chi connectivity index (χ4n) is 6.56. The predicted molar refractivity (Wildman–Crippen MR) is 103 cm³/mol. The second kappa shape index (κ2) is 5.89. The molecule has 2 heterocycles. The zero-order valence-corrected chi connectivity index (χ0v) is 15.4. The quantitative estimate of drug-likeness (QED) is 0.686. The summed E-state index contributed by atoms with van der Waals surface area (Å²) in [5.74, 6) is 1.67. The maximum Gasteiger partial charge on any atom is 0.201 e. The minimum absolute atomic E-state index is 0.0297. The topological polar surface area (TPSA) is 91.0 Å². The van der Waals surface area contributed by atoms with Crippen LogP contribution in [-0.4, -0.2) is 38.7 Å². The van der Waals surface area contributed by atoms with Crippen molar-refractivity contribution < 1.29 is 9.90 Å². The van der Waals surface area contributed by atoms with Crippen LogP contribution in [-0.2, 0) is 10.3 Å². The van der Waals surface area contributed by atoms with Crippen molar-refractivity contribution in [3.05, 3.63) is 24.5 Å². The van der Waals surface area contributed by atoms with Gasteiger partial charge in [0, 0.05) is 36.1 Å². The van der Waals surface area contributed by atoms with Gasteiger partial charge in [-0.3, -0.25) is 9.78 Å². The van der Waals surface area contributed by atoms with E-state index in [0.29, 0.717) is 24.3 Å². The fraction of sp³-hybridized carbons (Fsp3) is 0.571. The van der Waals surface area contributed by atoms with Crippen molar-refractivity contribution in [2.24, 2.45) is 11.8 Å². The molecule has 4 aliphatic carbocycles. The van der Waals surface area contributed by atoms with Crippen molar-refractivity contribution in [3.63, 3.8) is 0 Å². The first-order chi connectivity index (χ1) is 13.0. The number of hydrogen-bond acceptors (Lipinski definition) is 5. The van der Waals surface area contributed by atoms with Crippen molar-refractivity contribution in [1.29, 1.82) is 5.41 Å². The number of ketones is 1. The number of nitrogens with zero attached hydrogens (tertiary/aromatic N) is 2. The lowest BCUT2D eigenvalue weighted by atomic mass is 9.49. The molecule has 6 rings (SSSR count). The molecule has 0 spiro atoms. The van der Waals surface area contributed by atoms with Gasteiger partial charge in [-0.2, -0.15) is 0 Å². The second-order valence-corrected chi connectivity index (χ2v) is 9.03. The normalized spacial score (nSPS) is 34.2. The minimum Gasteiger partial charge on any atom is -0.494 e. The van der Waals surface area contributed by atoms with Gasteiger partial charge in [-0.15, -0.1) is 0 Å². The molecule has 2 aromatic rings. The number of Topliss-reactive ketones (excluding diaryl/α,β-unsaturated/α-hetero) is 1. The Morgan fingerprint density at radius 3 is 2.85 bits per heavy atom. The van der Waals surface area contributed by atoms with E-state index in [0.717, 1.165) is 43.0 Å². The van der Waals surface area contributed by atoms with Crippen molar-refractivity contribution >= 4 is 22.9 Å². The summed E-state index contributed by atoms with van der Waals surface area (Å²) in [6.45, 7) is 0.339. The molecule has 4 fully saturated rings. The average molecular weight is 366 g/mol. The smallest absolute Gasteiger partial charge is 0.201 e. The molecule has 6 nitrogen and oxygen atoms in total. The third-order valence-corrected chi connectivity index (χ3v) is 7.09. The zero-order chi connectivity index (χ0) is 18.6. The molecular weight excluding hydrogens is 340 g/mol. The predicted octanol–water partition coefficient (Wildman–Crippen LogP) is 2.99. The SMILES string of the molecule is N=CCC(=O)CNC12CC3CC(C1)CC(n1cc4ncccc4c1O)(C3)C2. The van der Waals surface area contributed by atoms with Gasteiger partial charge < -0.3 is 20.4 Å². The van der Waals surface area contributed by atoms with Gasteiger partial charge in [0.15, 0.2) is 5.78 Å². The highest BCUT2D eigenvalue weighted by molar-refractivity contribution is 5.91. The Balaban J connectivity index is 1.50. The van der Waals surface area contributed by atoms with Gasteiger partial charge in [0.2, 0.25) is 5.88 Å². The maximum absolute atomic E-state index is 12.0. The number of hydrogen-bond donors (Lipinski definition) is 3. The lowest BCUT2D eigenvalue weighted by Crippen LogP contribution is -2.65. The number of fused-ring (bicyclic) bond motifs is 1. The Kier molecular flexibility index (Phi) is 3.69. The maximum atomic E-state index is 12.0. The summed E-state index contributed by atoms with van der Waals surface area (Å²) in [6.07, 6.45) is 11.8. The molecule has 3 N–H and O–H groups in total. The molecule has 0 radical (unpaired) electrons. The molecule has 4 aliphatic rings. The van der Waals surface area contributed by atoms with E-state index in [1.165, 1.54) is 12.6 Å². The van der Waals surface area contributed by atoms with Crippen molar-refractivity contribution in [3.8, 4) is 5.88 Å². The van der Waals surface area contributed by atoms with Crippen LogP contribution in [0.25, 0.3) is 10.9 Å². The third-order valence-electron chi connectivity index (χ3n) is 7.09. The first kappa shape index (κ1) is 16.9. The van der Waals surface area contributed by atoms with Crippen LogP contribution in [0.2, 0.25) is 0 Å². The molecule has 4 saturated carbocycles.